The number of hydrogen-bond donors (Lipinski definition) is 0. The average molecular weight is 370 g/mol. The molecular weight excluding hydrogens is 354 g/mol. The number of rotatable bonds is 3. The first-order valence-corrected chi connectivity index (χ1v) is 8.88. The summed E-state index contributed by atoms with van der Waals surface area (Å²) in [5, 5.41) is 0. The Bertz CT molecular complexity index is 597. The molecule has 1 nitrogen and oxygen atoms in total. The Morgan fingerprint density at radius 1 is 1.37 bits per heavy atom. The molecule has 19 heavy (non-hydrogen) atoms. The van der Waals surface area contributed by atoms with Crippen LogP contribution < -0.4 is 0 Å². The molecule has 1 aliphatic rings. The molecule has 0 atom stereocenters. The van der Waals surface area contributed by atoms with Gasteiger partial charge < -0.3 is 0 Å². The van der Waals surface area contributed by atoms with Crippen molar-refractivity contribution >= 4 is 36.1 Å². The highest BCUT2D eigenvalue weighted by Gasteiger charge is 2.13. The molecule has 1 aromatic carbocycles. The Morgan fingerprint density at radius 2 is 2.11 bits per heavy atom. The van der Waals surface area contributed by atoms with E-state index in [1.807, 2.05) is 31.2 Å². The molecule has 1 aromatic rings. The minimum Gasteiger partial charge on any atom is -0.295 e. The Morgan fingerprint density at radius 3 is 2.79 bits per heavy atom. The van der Waals surface area contributed by atoms with E-state index in [2.05, 4.69) is 4.01 Å². The van der Waals surface area contributed by atoms with Crippen molar-refractivity contribution in [3.8, 4) is 0 Å². The lowest BCUT2D eigenvalue weighted by Crippen LogP contribution is -1.99. The molecule has 0 aromatic heterocycles. The molecule has 0 spiro atoms. The molecule has 2 rings (SSSR count). The lowest BCUT2D eigenvalue weighted by Gasteiger charge is -2.10. The zero-order valence-electron chi connectivity index (χ0n) is 11.0. The van der Waals surface area contributed by atoms with E-state index in [0.29, 0.717) is 5.56 Å². The molecule has 0 N–H and O–H groups in total. The number of ketones is 1. The zero-order chi connectivity index (χ0) is 13.8. The van der Waals surface area contributed by atoms with Gasteiger partial charge in [-0.2, -0.15) is 0 Å². The maximum Gasteiger partial charge on any atom is 0.156 e. The maximum absolute atomic E-state index is 13.1. The summed E-state index contributed by atoms with van der Waals surface area (Å²) in [6.45, 7) is 3.17. The van der Waals surface area contributed by atoms with Gasteiger partial charge in [-0.25, -0.2) is 4.39 Å². The number of carbonyl (C=O) groups excluding carboxylic acids is 1. The molecule has 0 fully saturated rings. The first-order chi connectivity index (χ1) is 9.13. The summed E-state index contributed by atoms with van der Waals surface area (Å²) in [5.74, 6) is 0.123. The van der Waals surface area contributed by atoms with E-state index >= 15 is 0 Å². The summed E-state index contributed by atoms with van der Waals surface area (Å²) in [5.41, 5.74) is 4.61. The Labute approximate surface area is 123 Å². The predicted octanol–water partition coefficient (Wildman–Crippen LogP) is 4.23. The molecule has 0 radical (unpaired) electrons. The van der Waals surface area contributed by atoms with Crippen LogP contribution in [0.4, 0.5) is 4.39 Å². The normalized spacial score (nSPS) is 15.6. The smallest absolute Gasteiger partial charge is 0.156 e. The Kier molecular flexibility index (Phi) is 4.80. The fourth-order valence-electron chi connectivity index (χ4n) is 2.01. The van der Waals surface area contributed by atoms with Gasteiger partial charge in [0.2, 0.25) is 0 Å². The predicted molar refractivity (Wildman–Crippen MR) is 87.6 cm³/mol. The van der Waals surface area contributed by atoms with E-state index in [0.717, 1.165) is 26.7 Å². The SMILES string of the molecule is CC(=O)C1=CC(c2ccccc2CF)=C(C)C=IC1. The molecule has 0 unspecified atom stereocenters. The van der Waals surface area contributed by atoms with E-state index in [1.165, 1.54) is 0 Å². The standard InChI is InChI=1S/C16H16FIO/c1-11-9-18-10-14(12(2)19)7-16(11)15-6-4-3-5-13(15)8-17/h3-7,9H,8,10H2,1-2H3. The number of carbonyl (C=O) groups is 1. The molecule has 0 bridgehead atoms. The van der Waals surface area contributed by atoms with E-state index in [-0.39, 0.29) is 26.5 Å². The second-order valence-corrected chi connectivity index (χ2v) is 6.78. The third-order valence-corrected chi connectivity index (χ3v) is 5.75. The molecule has 1 aliphatic heterocycles. The van der Waals surface area contributed by atoms with Crippen LogP contribution in [0.2, 0.25) is 0 Å². The zero-order valence-corrected chi connectivity index (χ0v) is 13.2. The Hall–Kier alpha value is -1.10. The third-order valence-electron chi connectivity index (χ3n) is 3.11. The van der Waals surface area contributed by atoms with Crippen LogP contribution in [0.25, 0.3) is 5.57 Å². The van der Waals surface area contributed by atoms with E-state index in [4.69, 9.17) is 0 Å². The van der Waals surface area contributed by atoms with Crippen molar-refractivity contribution < 1.29 is 9.18 Å². The fourth-order valence-corrected chi connectivity index (χ4v) is 4.46. The van der Waals surface area contributed by atoms with Crippen LogP contribution in [0.1, 0.15) is 25.0 Å². The van der Waals surface area contributed by atoms with Gasteiger partial charge in [0.1, 0.15) is 6.67 Å². The third kappa shape index (κ3) is 3.26. The van der Waals surface area contributed by atoms with Gasteiger partial charge >= 0.3 is 0 Å². The van der Waals surface area contributed by atoms with Crippen LogP contribution in [-0.4, -0.2) is 14.2 Å². The van der Waals surface area contributed by atoms with Crippen LogP contribution in [0.5, 0.6) is 0 Å². The van der Waals surface area contributed by atoms with Crippen LogP contribution >= 0.6 is 20.7 Å². The second-order valence-electron chi connectivity index (χ2n) is 4.51. The van der Waals surface area contributed by atoms with Gasteiger partial charge in [-0.15, -0.1) is 20.7 Å². The fraction of sp³-hybridized carbons (Fsp3) is 0.250. The Balaban J connectivity index is 2.60. The summed E-state index contributed by atoms with van der Waals surface area (Å²) < 4.78 is 16.2. The van der Waals surface area contributed by atoms with Gasteiger partial charge in [0, 0.05) is 10.0 Å². The average Bonchev–Trinajstić information content (AvgIpc) is 2.60. The van der Waals surface area contributed by atoms with Crippen LogP contribution in [-0.2, 0) is 11.5 Å². The molecular formula is C16H16FIO. The van der Waals surface area contributed by atoms with E-state index in [9.17, 15) is 9.18 Å². The first kappa shape index (κ1) is 14.3. The number of Topliss-reactive ketones (excluding diaryl/α,β-unsaturated/α-hetero) is 1. The number of alkyl halides is 2. The van der Waals surface area contributed by atoms with Crippen molar-refractivity contribution in [3.05, 3.63) is 52.6 Å². The van der Waals surface area contributed by atoms with Crippen molar-refractivity contribution in [2.24, 2.45) is 0 Å². The summed E-state index contributed by atoms with van der Waals surface area (Å²) in [6, 6.07) is 7.49. The summed E-state index contributed by atoms with van der Waals surface area (Å²) in [6.07, 6.45) is 1.95. The molecule has 0 aliphatic carbocycles. The second kappa shape index (κ2) is 6.37. The summed E-state index contributed by atoms with van der Waals surface area (Å²) in [7, 11) is 0. The van der Waals surface area contributed by atoms with Crippen molar-refractivity contribution in [2.75, 3.05) is 4.43 Å². The minimum atomic E-state index is -0.481. The molecule has 0 saturated heterocycles. The van der Waals surface area contributed by atoms with Gasteiger partial charge in [-0.05, 0) is 46.2 Å². The lowest BCUT2D eigenvalue weighted by atomic mass is 9.94. The van der Waals surface area contributed by atoms with Gasteiger partial charge in [-0.1, -0.05) is 24.3 Å². The van der Waals surface area contributed by atoms with Crippen LogP contribution in [0, 0.1) is 0 Å². The molecule has 1 heterocycles. The van der Waals surface area contributed by atoms with Crippen molar-refractivity contribution in [3.63, 3.8) is 0 Å². The lowest BCUT2D eigenvalue weighted by molar-refractivity contribution is -0.113. The van der Waals surface area contributed by atoms with E-state index < -0.39 is 6.67 Å². The topological polar surface area (TPSA) is 17.1 Å². The van der Waals surface area contributed by atoms with Gasteiger partial charge in [-0.3, -0.25) is 4.79 Å². The maximum atomic E-state index is 13.1. The highest BCUT2D eigenvalue weighted by molar-refractivity contribution is 14.2. The number of benzene rings is 1. The quantitative estimate of drug-likeness (QED) is 0.575. The summed E-state index contributed by atoms with van der Waals surface area (Å²) >= 11 is -0.126. The van der Waals surface area contributed by atoms with Crippen LogP contribution in [0.15, 0.2) is 41.5 Å². The van der Waals surface area contributed by atoms with Gasteiger partial charge in [0.05, 0.1) is 0 Å². The number of allylic oxidation sites excluding steroid dienone is 4. The molecule has 100 valence electrons. The molecule has 0 amide bonds. The minimum absolute atomic E-state index is 0.123. The highest BCUT2D eigenvalue weighted by atomic mass is 127. The van der Waals surface area contributed by atoms with Crippen LogP contribution in [0.3, 0.4) is 0 Å². The molecule has 0 saturated carbocycles. The molecule has 3 heteroatoms. The van der Waals surface area contributed by atoms with Crippen molar-refractivity contribution in [1.29, 1.82) is 0 Å². The highest BCUT2D eigenvalue weighted by Crippen LogP contribution is 2.29. The monoisotopic (exact) mass is 370 g/mol. The summed E-state index contributed by atoms with van der Waals surface area (Å²) in [4.78, 5) is 11.6. The van der Waals surface area contributed by atoms with Crippen molar-refractivity contribution in [1.82, 2.24) is 0 Å². The largest absolute Gasteiger partial charge is 0.295 e. The first-order valence-electron chi connectivity index (χ1n) is 6.11. The van der Waals surface area contributed by atoms with Gasteiger partial charge in [0.25, 0.3) is 0 Å². The van der Waals surface area contributed by atoms with Gasteiger partial charge in [0.15, 0.2) is 5.78 Å². The number of hydrogen-bond acceptors (Lipinski definition) is 1. The van der Waals surface area contributed by atoms with Crippen molar-refractivity contribution in [2.45, 2.75) is 20.5 Å². The van der Waals surface area contributed by atoms with E-state index in [1.54, 1.807) is 13.0 Å². The number of halogens is 2.